The minimum Gasteiger partial charge on any atom is -0.333 e. The Kier molecular flexibility index (Phi) is 8.35. The standard InChI is InChI=1S/C67H52N6/c1-41-27-33-60-56(35-41)68-64-52-39-55-53(40-54(52)66(2,72(60)64)44-29-31-50-48-23-13-15-25-58(48)70(62(50)37-44)46-19-9-5-10-20-46)65-69-57-36-43(42-17-7-4-8-18-42)28-34-61(57)73(65)67(55,3)45-30-32-51-49-24-14-16-26-59(49)71(63(51)38-45)47-21-11-6-12-22-47/h5-7,9-35,37,39-40,43,63H,4,8,36,38H2,1-3H3. The van der Waals surface area contributed by atoms with E-state index in [4.69, 9.17) is 9.97 Å². The summed E-state index contributed by atoms with van der Waals surface area (Å²) < 4.78 is 7.63. The largest absolute Gasteiger partial charge is 0.333 e. The zero-order valence-electron chi connectivity index (χ0n) is 41.2. The number of allylic oxidation sites excluding steroid dienone is 7. The predicted octanol–water partition coefficient (Wildman–Crippen LogP) is 15.6. The molecule has 10 aromatic rings. The van der Waals surface area contributed by atoms with Gasteiger partial charge in [-0.15, -0.1) is 0 Å². The van der Waals surface area contributed by atoms with Crippen molar-refractivity contribution < 1.29 is 0 Å². The molecule has 6 nitrogen and oxygen atoms in total. The molecule has 7 aromatic carbocycles. The molecular formula is C67H52N6. The highest BCUT2D eigenvalue weighted by molar-refractivity contribution is 6.09. The van der Waals surface area contributed by atoms with E-state index in [1.165, 1.54) is 100 Å². The van der Waals surface area contributed by atoms with Crippen LogP contribution in [0.15, 0.2) is 205 Å². The first kappa shape index (κ1) is 41.2. The predicted molar refractivity (Wildman–Crippen MR) is 299 cm³/mol. The fraction of sp³-hybridized carbons (Fsp3) is 0.164. The average molecular weight is 941 g/mol. The van der Waals surface area contributed by atoms with Gasteiger partial charge in [-0.2, -0.15) is 0 Å². The molecule has 0 saturated heterocycles. The second-order valence-corrected chi connectivity index (χ2v) is 21.5. The number of hydrogen-bond donors (Lipinski definition) is 0. The first-order valence-electron chi connectivity index (χ1n) is 26.2. The molecular weight excluding hydrogens is 889 g/mol. The lowest BCUT2D eigenvalue weighted by Gasteiger charge is -2.38. The minimum absolute atomic E-state index is 0.139. The van der Waals surface area contributed by atoms with Crippen LogP contribution in [-0.2, 0) is 17.5 Å². The van der Waals surface area contributed by atoms with E-state index < -0.39 is 11.1 Å². The number of benzene rings is 7. The quantitative estimate of drug-likeness (QED) is 0.173. The number of imidazole rings is 2. The van der Waals surface area contributed by atoms with Gasteiger partial charge in [0.25, 0.3) is 0 Å². The molecule has 73 heavy (non-hydrogen) atoms. The molecule has 0 spiro atoms. The highest BCUT2D eigenvalue weighted by Gasteiger charge is 2.52. The molecule has 3 aliphatic heterocycles. The van der Waals surface area contributed by atoms with Crippen molar-refractivity contribution in [1.29, 1.82) is 0 Å². The van der Waals surface area contributed by atoms with Gasteiger partial charge in [-0.25, -0.2) is 9.97 Å². The molecule has 6 heterocycles. The normalized spacial score (nSPS) is 21.9. The summed E-state index contributed by atoms with van der Waals surface area (Å²) in [6.45, 7) is 7.09. The Morgan fingerprint density at radius 2 is 1.32 bits per heavy atom. The van der Waals surface area contributed by atoms with Crippen LogP contribution in [0.25, 0.3) is 73.0 Å². The number of aromatic nitrogens is 5. The van der Waals surface area contributed by atoms with Crippen LogP contribution in [-0.4, -0.2) is 29.7 Å². The van der Waals surface area contributed by atoms with Crippen LogP contribution in [0.1, 0.15) is 72.3 Å². The van der Waals surface area contributed by atoms with Crippen LogP contribution in [0.2, 0.25) is 0 Å². The van der Waals surface area contributed by atoms with Gasteiger partial charge in [0, 0.05) is 56.9 Å². The monoisotopic (exact) mass is 940 g/mol. The van der Waals surface area contributed by atoms with Crippen LogP contribution in [0, 0.1) is 12.8 Å². The Hall–Kier alpha value is -8.48. The molecule has 16 rings (SSSR count). The number of anilines is 2. The van der Waals surface area contributed by atoms with E-state index >= 15 is 0 Å². The van der Waals surface area contributed by atoms with E-state index in [2.05, 4.69) is 240 Å². The fourth-order valence-electron chi connectivity index (χ4n) is 14.2. The smallest absolute Gasteiger partial charge is 0.142 e. The number of fused-ring (bicyclic) bond motifs is 16. The van der Waals surface area contributed by atoms with Crippen molar-refractivity contribution in [2.45, 2.75) is 63.6 Å². The van der Waals surface area contributed by atoms with Gasteiger partial charge in [0.1, 0.15) is 11.6 Å². The topological polar surface area (TPSA) is 43.8 Å². The number of hydrogen-bond acceptors (Lipinski definition) is 3. The van der Waals surface area contributed by atoms with Crippen molar-refractivity contribution in [2.75, 3.05) is 4.90 Å². The first-order chi connectivity index (χ1) is 35.9. The Labute approximate surface area is 424 Å². The molecule has 0 amide bonds. The highest BCUT2D eigenvalue weighted by Crippen LogP contribution is 2.59. The van der Waals surface area contributed by atoms with Crippen molar-refractivity contribution >= 4 is 55.9 Å². The third kappa shape index (κ3) is 5.48. The van der Waals surface area contributed by atoms with Gasteiger partial charge in [0.15, 0.2) is 0 Å². The van der Waals surface area contributed by atoms with Gasteiger partial charge >= 0.3 is 0 Å². The zero-order chi connectivity index (χ0) is 48.3. The van der Waals surface area contributed by atoms with Crippen LogP contribution < -0.4 is 4.90 Å². The number of nitrogens with zero attached hydrogens (tertiary/aromatic N) is 6. The molecule has 0 bridgehead atoms. The van der Waals surface area contributed by atoms with Gasteiger partial charge in [-0.3, -0.25) is 0 Å². The number of para-hydroxylation sites is 4. The second kappa shape index (κ2) is 14.8. The second-order valence-electron chi connectivity index (χ2n) is 21.5. The van der Waals surface area contributed by atoms with Gasteiger partial charge in [0.05, 0.1) is 50.6 Å². The highest BCUT2D eigenvalue weighted by atomic mass is 15.2. The summed E-state index contributed by atoms with van der Waals surface area (Å²) in [4.78, 5) is 14.0. The molecule has 0 radical (unpaired) electrons. The molecule has 4 atom stereocenters. The summed E-state index contributed by atoms with van der Waals surface area (Å²) in [7, 11) is 0. The lowest BCUT2D eigenvalue weighted by molar-refractivity contribution is 0.462. The summed E-state index contributed by atoms with van der Waals surface area (Å²) in [5, 5.41) is 2.50. The molecule has 350 valence electrons. The van der Waals surface area contributed by atoms with E-state index in [-0.39, 0.29) is 6.04 Å². The first-order valence-corrected chi connectivity index (χ1v) is 26.2. The van der Waals surface area contributed by atoms with E-state index in [0.717, 1.165) is 54.1 Å². The summed E-state index contributed by atoms with van der Waals surface area (Å²) in [5.74, 6) is 2.37. The summed E-state index contributed by atoms with van der Waals surface area (Å²) in [6, 6.07) is 58.8. The van der Waals surface area contributed by atoms with Crippen LogP contribution >= 0.6 is 0 Å². The lowest BCUT2D eigenvalue weighted by atomic mass is 9.75. The SMILES string of the molecule is Cc1ccc2c(c1)nc1n2C(C)(c2ccc3c4ccccc4n(-c4ccccc4)c3c2)c2cc3c(cc2-1)C(C)(C1=CC=C2c4ccccc4N(c4ccccc4)C2C1)n1c-3nc2c1C=CC(C1=CCCC=C1)C2. The van der Waals surface area contributed by atoms with E-state index in [1.807, 2.05) is 0 Å². The van der Waals surface area contributed by atoms with E-state index in [9.17, 15) is 0 Å². The molecule has 6 aliphatic rings. The molecule has 3 aliphatic carbocycles. The van der Waals surface area contributed by atoms with Crippen molar-refractivity contribution in [2.24, 2.45) is 5.92 Å². The molecule has 0 saturated carbocycles. The molecule has 3 aromatic heterocycles. The molecule has 0 N–H and O–H groups in total. The minimum atomic E-state index is -0.621. The third-order valence-corrected chi connectivity index (χ3v) is 17.7. The number of rotatable bonds is 5. The Balaban J connectivity index is 0.936. The molecule has 0 fully saturated rings. The summed E-state index contributed by atoms with van der Waals surface area (Å²) in [6.07, 6.45) is 20.8. The number of aryl methyl sites for hydroxylation is 1. The van der Waals surface area contributed by atoms with Gasteiger partial charge in [0.2, 0.25) is 0 Å². The van der Waals surface area contributed by atoms with E-state index in [0.29, 0.717) is 5.92 Å². The average Bonchev–Trinajstić information content (AvgIpc) is 4.30. The molecule has 6 heteroatoms. The van der Waals surface area contributed by atoms with Crippen molar-refractivity contribution in [3.05, 3.63) is 245 Å². The third-order valence-electron chi connectivity index (χ3n) is 17.7. The zero-order valence-corrected chi connectivity index (χ0v) is 41.2. The Morgan fingerprint density at radius 3 is 2.14 bits per heavy atom. The maximum absolute atomic E-state index is 5.80. The van der Waals surface area contributed by atoms with Crippen molar-refractivity contribution in [1.82, 2.24) is 23.7 Å². The van der Waals surface area contributed by atoms with E-state index in [1.54, 1.807) is 0 Å². The van der Waals surface area contributed by atoms with Crippen molar-refractivity contribution in [3.63, 3.8) is 0 Å². The Morgan fingerprint density at radius 1 is 0.575 bits per heavy atom. The van der Waals surface area contributed by atoms with Crippen molar-refractivity contribution in [3.8, 4) is 28.5 Å². The van der Waals surface area contributed by atoms with Gasteiger partial charge in [-0.05, 0) is 152 Å². The van der Waals surface area contributed by atoms with Crippen LogP contribution in [0.4, 0.5) is 11.4 Å². The maximum Gasteiger partial charge on any atom is 0.142 e. The Bertz CT molecular complexity index is 4210. The van der Waals surface area contributed by atoms with Crippen LogP contribution in [0.5, 0.6) is 0 Å². The van der Waals surface area contributed by atoms with Gasteiger partial charge in [-0.1, -0.05) is 127 Å². The van der Waals surface area contributed by atoms with Crippen LogP contribution in [0.3, 0.4) is 0 Å². The summed E-state index contributed by atoms with van der Waals surface area (Å²) >= 11 is 0. The maximum atomic E-state index is 5.80. The summed E-state index contributed by atoms with van der Waals surface area (Å²) in [5.41, 5.74) is 22.3. The lowest BCUT2D eigenvalue weighted by Crippen LogP contribution is -2.37. The fourth-order valence-corrected chi connectivity index (χ4v) is 14.2. The molecule has 4 unspecified atom stereocenters. The van der Waals surface area contributed by atoms with Gasteiger partial charge < -0.3 is 18.6 Å².